The molecule has 1 aromatic rings. The number of rotatable bonds is 19. The van der Waals surface area contributed by atoms with Gasteiger partial charge >= 0.3 is 0 Å². The topological polar surface area (TPSA) is 128 Å². The van der Waals surface area contributed by atoms with Gasteiger partial charge in [0.25, 0.3) is 0 Å². The van der Waals surface area contributed by atoms with Crippen LogP contribution in [-0.4, -0.2) is 89.0 Å². The van der Waals surface area contributed by atoms with E-state index in [0.29, 0.717) is 50.2 Å². The molecule has 1 rings (SSSR count). The van der Waals surface area contributed by atoms with Crippen LogP contribution in [0.25, 0.3) is 0 Å². The van der Waals surface area contributed by atoms with Crippen molar-refractivity contribution in [3.8, 4) is 0 Å². The number of hydrogen-bond donors (Lipinski definition) is 3. The van der Waals surface area contributed by atoms with Crippen LogP contribution in [-0.2, 0) is 32.1 Å². The maximum Gasteiger partial charge on any atom is 0.154 e. The van der Waals surface area contributed by atoms with Gasteiger partial charge in [-0.3, -0.25) is 0 Å². The molecule has 10 nitrogen and oxygen atoms in total. The van der Waals surface area contributed by atoms with E-state index in [0.717, 1.165) is 13.0 Å². The van der Waals surface area contributed by atoms with E-state index in [2.05, 4.69) is 24.2 Å². The third-order valence-corrected chi connectivity index (χ3v) is 4.86. The Morgan fingerprint density at radius 2 is 1.66 bits per heavy atom. The average molecular weight is 460 g/mol. The molecule has 0 radical (unpaired) electrons. The van der Waals surface area contributed by atoms with E-state index in [9.17, 15) is 15.3 Å². The maximum absolute atomic E-state index is 10.4. The van der Waals surface area contributed by atoms with Crippen LogP contribution in [0.2, 0.25) is 0 Å². The number of aromatic nitrogens is 3. The zero-order valence-corrected chi connectivity index (χ0v) is 19.9. The van der Waals surface area contributed by atoms with Crippen molar-refractivity contribution in [3.05, 3.63) is 23.5 Å². The minimum atomic E-state index is -1.07. The molecule has 0 bridgehead atoms. The van der Waals surface area contributed by atoms with Crippen molar-refractivity contribution in [1.29, 1.82) is 0 Å². The van der Waals surface area contributed by atoms with E-state index in [1.54, 1.807) is 23.9 Å². The summed E-state index contributed by atoms with van der Waals surface area (Å²) in [6, 6.07) is 0. The Labute approximate surface area is 191 Å². The molecule has 10 heteroatoms. The second kappa shape index (κ2) is 17.1. The van der Waals surface area contributed by atoms with E-state index in [-0.39, 0.29) is 19.4 Å². The Morgan fingerprint density at radius 3 is 2.28 bits per heavy atom. The van der Waals surface area contributed by atoms with Crippen molar-refractivity contribution in [2.45, 2.75) is 71.7 Å². The minimum Gasteiger partial charge on any atom is -0.390 e. The summed E-state index contributed by atoms with van der Waals surface area (Å²) in [7, 11) is 1.38. The van der Waals surface area contributed by atoms with Gasteiger partial charge in [0.1, 0.15) is 11.8 Å². The molecule has 186 valence electrons. The van der Waals surface area contributed by atoms with E-state index in [4.69, 9.17) is 18.9 Å². The maximum atomic E-state index is 10.4. The van der Waals surface area contributed by atoms with E-state index < -0.39 is 18.5 Å². The van der Waals surface area contributed by atoms with E-state index >= 15 is 0 Å². The molecule has 0 aromatic carbocycles. The lowest BCUT2D eigenvalue weighted by Crippen LogP contribution is -2.31. The highest BCUT2D eigenvalue weighted by molar-refractivity contribution is 5.09. The van der Waals surface area contributed by atoms with Gasteiger partial charge in [0.15, 0.2) is 6.29 Å². The molecule has 3 atom stereocenters. The van der Waals surface area contributed by atoms with Gasteiger partial charge in [-0.05, 0) is 31.3 Å². The Morgan fingerprint density at radius 1 is 1.00 bits per heavy atom. The number of methoxy groups -OCH3 is 1. The van der Waals surface area contributed by atoms with E-state index in [1.165, 1.54) is 7.11 Å². The summed E-state index contributed by atoms with van der Waals surface area (Å²) in [5.74, 6) is 0.643. The molecular formula is C22H41N3O7. The number of aliphatic hydroxyl groups is 3. The number of allylic oxidation sites excluding steroid dienone is 1. The third kappa shape index (κ3) is 12.6. The lowest BCUT2D eigenvalue weighted by atomic mass is 10.0. The molecule has 1 aromatic heterocycles. The first-order chi connectivity index (χ1) is 15.4. The van der Waals surface area contributed by atoms with Crippen molar-refractivity contribution in [2.24, 2.45) is 5.92 Å². The highest BCUT2D eigenvalue weighted by Crippen LogP contribution is 2.15. The predicted octanol–water partition coefficient (Wildman–Crippen LogP) is 1.29. The normalized spacial score (nSPS) is 15.3. The minimum absolute atomic E-state index is 0.204. The van der Waals surface area contributed by atoms with Crippen molar-refractivity contribution in [2.75, 3.05) is 40.1 Å². The first-order valence-electron chi connectivity index (χ1n) is 11.2. The second-order valence-electron chi connectivity index (χ2n) is 8.01. The highest BCUT2D eigenvalue weighted by atomic mass is 16.6. The Bertz CT molecular complexity index is 624. The average Bonchev–Trinajstić information content (AvgIpc) is 3.23. The van der Waals surface area contributed by atoms with Gasteiger partial charge in [0.05, 0.1) is 51.9 Å². The van der Waals surface area contributed by atoms with Gasteiger partial charge < -0.3 is 34.3 Å². The molecular weight excluding hydrogens is 418 g/mol. The van der Waals surface area contributed by atoms with Crippen LogP contribution in [0.3, 0.4) is 0 Å². The summed E-state index contributed by atoms with van der Waals surface area (Å²) in [4.78, 5) is 0. The first-order valence-corrected chi connectivity index (χ1v) is 11.2. The van der Waals surface area contributed by atoms with Crippen LogP contribution in [0.4, 0.5) is 0 Å². The lowest BCUT2D eigenvalue weighted by Gasteiger charge is -2.21. The zero-order valence-electron chi connectivity index (χ0n) is 19.9. The summed E-state index contributed by atoms with van der Waals surface area (Å²) in [5.41, 5.74) is 1.27. The molecule has 3 N–H and O–H groups in total. The quantitative estimate of drug-likeness (QED) is 0.159. The molecule has 0 unspecified atom stereocenters. The Balaban J connectivity index is 2.24. The number of hydrogen-bond acceptors (Lipinski definition) is 9. The van der Waals surface area contributed by atoms with Crippen LogP contribution in [0, 0.1) is 5.92 Å². The summed E-state index contributed by atoms with van der Waals surface area (Å²) in [5, 5.41) is 38.1. The molecule has 32 heavy (non-hydrogen) atoms. The van der Waals surface area contributed by atoms with Gasteiger partial charge in [-0.2, -0.15) is 0 Å². The van der Waals surface area contributed by atoms with Gasteiger partial charge in [0.2, 0.25) is 0 Å². The van der Waals surface area contributed by atoms with Crippen LogP contribution < -0.4 is 0 Å². The fraction of sp³-hybridized carbons (Fsp3) is 0.818. The van der Waals surface area contributed by atoms with Crippen molar-refractivity contribution in [1.82, 2.24) is 15.0 Å². The summed E-state index contributed by atoms with van der Waals surface area (Å²) in [6.45, 7) is 9.52. The predicted molar refractivity (Wildman–Crippen MR) is 119 cm³/mol. The van der Waals surface area contributed by atoms with Gasteiger partial charge in [-0.25, -0.2) is 4.68 Å². The Kier molecular flexibility index (Phi) is 15.3. The Hall–Kier alpha value is -1.40. The summed E-state index contributed by atoms with van der Waals surface area (Å²) >= 11 is 0. The number of ether oxygens (including phenoxy) is 4. The number of aliphatic hydroxyl groups excluding tert-OH is 3. The molecule has 0 amide bonds. The molecule has 1 heterocycles. The van der Waals surface area contributed by atoms with Crippen molar-refractivity contribution < 1.29 is 34.3 Å². The smallest absolute Gasteiger partial charge is 0.154 e. The fourth-order valence-electron chi connectivity index (χ4n) is 2.80. The van der Waals surface area contributed by atoms with Gasteiger partial charge in [-0.1, -0.05) is 25.1 Å². The molecule has 0 saturated carbocycles. The van der Waals surface area contributed by atoms with Crippen LogP contribution in [0.5, 0.6) is 0 Å². The largest absolute Gasteiger partial charge is 0.390 e. The first kappa shape index (κ1) is 28.6. The SMILES string of the molecule is C/C=C(/Cn1cc(COCCOCCOCCC(C)C)nn1)[C@@H](O)[C@H](O)CC[C@H](O)OC. The summed E-state index contributed by atoms with van der Waals surface area (Å²) in [6.07, 6.45) is 1.91. The van der Waals surface area contributed by atoms with Crippen molar-refractivity contribution in [3.63, 3.8) is 0 Å². The van der Waals surface area contributed by atoms with Crippen LogP contribution in [0.1, 0.15) is 45.7 Å². The molecule has 0 spiro atoms. The molecule has 0 aliphatic heterocycles. The molecule has 0 fully saturated rings. The van der Waals surface area contributed by atoms with Crippen LogP contribution in [0.15, 0.2) is 17.8 Å². The molecule has 0 aliphatic carbocycles. The van der Waals surface area contributed by atoms with E-state index in [1.807, 2.05) is 0 Å². The zero-order chi connectivity index (χ0) is 23.8. The highest BCUT2D eigenvalue weighted by Gasteiger charge is 2.22. The molecule has 0 aliphatic rings. The third-order valence-electron chi connectivity index (χ3n) is 4.86. The van der Waals surface area contributed by atoms with Gasteiger partial charge in [-0.15, -0.1) is 5.10 Å². The lowest BCUT2D eigenvalue weighted by molar-refractivity contribution is -0.0882. The monoisotopic (exact) mass is 459 g/mol. The van der Waals surface area contributed by atoms with Gasteiger partial charge in [0, 0.05) is 20.1 Å². The standard InChI is InChI=1S/C22H41N3O7/c1-5-18(22(28)20(26)6-7-21(27)29-4)14-25-15-19(23-24-25)16-32-13-12-31-11-10-30-9-8-17(2)3/h5,15,17,20-22,26-28H,6-14,16H2,1-4H3/b18-5-/t20-,21-,22-/m1/s1. The van der Waals surface area contributed by atoms with Crippen molar-refractivity contribution >= 4 is 0 Å². The summed E-state index contributed by atoms with van der Waals surface area (Å²) < 4.78 is 22.8. The fourth-order valence-corrected chi connectivity index (χ4v) is 2.80. The number of nitrogens with zero attached hydrogens (tertiary/aromatic N) is 3. The molecule has 0 saturated heterocycles. The van der Waals surface area contributed by atoms with Crippen LogP contribution >= 0.6 is 0 Å². The second-order valence-corrected chi connectivity index (χ2v) is 8.01.